The third kappa shape index (κ3) is 3.84. The Labute approximate surface area is 149 Å². The molecule has 0 aromatic heterocycles. The average molecular weight is 348 g/mol. The van der Waals surface area contributed by atoms with Gasteiger partial charge < -0.3 is 24.8 Å². The van der Waals surface area contributed by atoms with Gasteiger partial charge >= 0.3 is 6.03 Å². The molecule has 1 aliphatic heterocycles. The van der Waals surface area contributed by atoms with Crippen LogP contribution < -0.4 is 14.8 Å². The second kappa shape index (κ2) is 7.95. The van der Waals surface area contributed by atoms with Gasteiger partial charge in [-0.2, -0.15) is 0 Å². The van der Waals surface area contributed by atoms with E-state index in [9.17, 15) is 9.90 Å². The standard InChI is InChI=1S/C19H28N2O4/c1-24-16-9-10-17(25-2)18-14(16)11-21(12-15(18)22)19(23)20-13-7-5-3-4-6-8-13/h9-10,13,15,22H,3-8,11-12H2,1-2H3,(H,20,23). The van der Waals surface area contributed by atoms with Gasteiger partial charge in [-0.05, 0) is 25.0 Å². The first-order valence-corrected chi connectivity index (χ1v) is 9.11. The van der Waals surface area contributed by atoms with Crippen LogP contribution in [-0.4, -0.2) is 42.8 Å². The smallest absolute Gasteiger partial charge is 0.318 e. The number of aliphatic hydroxyl groups is 1. The highest BCUT2D eigenvalue weighted by Crippen LogP contribution is 2.39. The second-order valence-electron chi connectivity index (χ2n) is 6.90. The van der Waals surface area contributed by atoms with Gasteiger partial charge in [0.1, 0.15) is 17.6 Å². The Hall–Kier alpha value is -1.95. The van der Waals surface area contributed by atoms with Crippen molar-refractivity contribution in [1.82, 2.24) is 10.2 Å². The van der Waals surface area contributed by atoms with E-state index in [-0.39, 0.29) is 18.6 Å². The second-order valence-corrected chi connectivity index (χ2v) is 6.90. The first-order chi connectivity index (χ1) is 12.1. The van der Waals surface area contributed by atoms with E-state index in [2.05, 4.69) is 5.32 Å². The summed E-state index contributed by atoms with van der Waals surface area (Å²) in [4.78, 5) is 14.4. The molecule has 1 aliphatic carbocycles. The summed E-state index contributed by atoms with van der Waals surface area (Å²) >= 11 is 0. The number of fused-ring (bicyclic) bond motifs is 1. The van der Waals surface area contributed by atoms with Crippen LogP contribution in [0.5, 0.6) is 11.5 Å². The summed E-state index contributed by atoms with van der Waals surface area (Å²) in [5, 5.41) is 13.8. The maximum Gasteiger partial charge on any atom is 0.318 e. The predicted molar refractivity (Wildman–Crippen MR) is 94.9 cm³/mol. The normalized spacial score (nSPS) is 21.2. The van der Waals surface area contributed by atoms with Crippen molar-refractivity contribution in [3.8, 4) is 11.5 Å². The number of rotatable bonds is 3. The van der Waals surface area contributed by atoms with Gasteiger partial charge in [0.2, 0.25) is 0 Å². The van der Waals surface area contributed by atoms with Crippen molar-refractivity contribution in [3.63, 3.8) is 0 Å². The monoisotopic (exact) mass is 348 g/mol. The number of carbonyl (C=O) groups excluding carboxylic acids is 1. The Morgan fingerprint density at radius 3 is 2.40 bits per heavy atom. The molecule has 1 heterocycles. The molecule has 1 aromatic rings. The first-order valence-electron chi connectivity index (χ1n) is 9.11. The van der Waals surface area contributed by atoms with Gasteiger partial charge in [-0.1, -0.05) is 25.7 Å². The maximum atomic E-state index is 12.7. The molecule has 0 radical (unpaired) electrons. The van der Waals surface area contributed by atoms with Crippen molar-refractivity contribution >= 4 is 6.03 Å². The van der Waals surface area contributed by atoms with E-state index < -0.39 is 6.10 Å². The highest BCUT2D eigenvalue weighted by Gasteiger charge is 2.32. The molecule has 3 rings (SSSR count). The maximum absolute atomic E-state index is 12.7. The molecule has 0 spiro atoms. The number of aliphatic hydroxyl groups excluding tert-OH is 1. The highest BCUT2D eigenvalue weighted by molar-refractivity contribution is 5.75. The molecule has 1 fully saturated rings. The summed E-state index contributed by atoms with van der Waals surface area (Å²) in [6, 6.07) is 3.74. The van der Waals surface area contributed by atoms with Crippen molar-refractivity contribution in [2.75, 3.05) is 20.8 Å². The molecule has 2 aliphatic rings. The number of hydrogen-bond donors (Lipinski definition) is 2. The van der Waals surface area contributed by atoms with Gasteiger partial charge in [0.25, 0.3) is 0 Å². The predicted octanol–water partition coefficient (Wildman–Crippen LogP) is 2.99. The summed E-state index contributed by atoms with van der Waals surface area (Å²) in [5.41, 5.74) is 1.54. The van der Waals surface area contributed by atoms with Gasteiger partial charge in [-0.3, -0.25) is 0 Å². The van der Waals surface area contributed by atoms with Crippen LogP contribution in [0, 0.1) is 0 Å². The molecule has 6 nitrogen and oxygen atoms in total. The topological polar surface area (TPSA) is 71.0 Å². The Bertz CT molecular complexity index is 612. The van der Waals surface area contributed by atoms with Crippen LogP contribution in [0.25, 0.3) is 0 Å². The molecule has 1 saturated carbocycles. The molecule has 0 bridgehead atoms. The number of methoxy groups -OCH3 is 2. The highest BCUT2D eigenvalue weighted by atomic mass is 16.5. The summed E-state index contributed by atoms with van der Waals surface area (Å²) in [6.45, 7) is 0.667. The molecule has 25 heavy (non-hydrogen) atoms. The average Bonchev–Trinajstić information content (AvgIpc) is 2.89. The summed E-state index contributed by atoms with van der Waals surface area (Å²) in [7, 11) is 3.18. The Morgan fingerprint density at radius 1 is 1.12 bits per heavy atom. The van der Waals surface area contributed by atoms with Gasteiger partial charge in [-0.25, -0.2) is 4.79 Å². The molecule has 1 atom stereocenters. The largest absolute Gasteiger partial charge is 0.496 e. The van der Waals surface area contributed by atoms with Crippen molar-refractivity contribution in [1.29, 1.82) is 0 Å². The molecule has 6 heteroatoms. The zero-order valence-electron chi connectivity index (χ0n) is 15.1. The number of hydrogen-bond acceptors (Lipinski definition) is 4. The van der Waals surface area contributed by atoms with E-state index in [0.717, 1.165) is 24.0 Å². The van der Waals surface area contributed by atoms with Crippen LogP contribution in [0.1, 0.15) is 55.8 Å². The van der Waals surface area contributed by atoms with Crippen LogP contribution in [0.2, 0.25) is 0 Å². The van der Waals surface area contributed by atoms with E-state index >= 15 is 0 Å². The summed E-state index contributed by atoms with van der Waals surface area (Å²) in [5.74, 6) is 1.30. The van der Waals surface area contributed by atoms with Gasteiger partial charge in [0, 0.05) is 17.2 Å². The van der Waals surface area contributed by atoms with Crippen LogP contribution in [0.3, 0.4) is 0 Å². The van der Waals surface area contributed by atoms with E-state index in [0.29, 0.717) is 18.0 Å². The van der Waals surface area contributed by atoms with Crippen LogP contribution in [0.15, 0.2) is 12.1 Å². The Kier molecular flexibility index (Phi) is 5.68. The van der Waals surface area contributed by atoms with E-state index in [1.54, 1.807) is 25.2 Å². The summed E-state index contributed by atoms with van der Waals surface area (Å²) in [6.07, 6.45) is 6.13. The van der Waals surface area contributed by atoms with Crippen LogP contribution in [-0.2, 0) is 6.54 Å². The minimum absolute atomic E-state index is 0.110. The van der Waals surface area contributed by atoms with Crippen molar-refractivity contribution in [3.05, 3.63) is 23.3 Å². The van der Waals surface area contributed by atoms with Gasteiger partial charge in [0.15, 0.2) is 0 Å². The fraction of sp³-hybridized carbons (Fsp3) is 0.632. The number of urea groups is 1. The number of benzene rings is 1. The number of carbonyl (C=O) groups is 1. The molecule has 0 saturated heterocycles. The van der Waals surface area contributed by atoms with Crippen LogP contribution >= 0.6 is 0 Å². The SMILES string of the molecule is COc1ccc(OC)c2c1CN(C(=O)NC1CCCCCC1)CC2O. The Balaban J connectivity index is 1.77. The minimum Gasteiger partial charge on any atom is -0.496 e. The zero-order chi connectivity index (χ0) is 17.8. The molecular weight excluding hydrogens is 320 g/mol. The number of nitrogens with one attached hydrogen (secondary N) is 1. The number of β-amino-alcohol motifs (C(OH)–C–C–N with tert-alkyl or cyclic N) is 1. The van der Waals surface area contributed by atoms with Crippen LogP contribution in [0.4, 0.5) is 4.79 Å². The van der Waals surface area contributed by atoms with Gasteiger partial charge in [0.05, 0.1) is 27.3 Å². The lowest BCUT2D eigenvalue weighted by atomic mass is 9.95. The molecule has 1 aromatic carbocycles. The van der Waals surface area contributed by atoms with E-state index in [1.807, 2.05) is 6.07 Å². The lowest BCUT2D eigenvalue weighted by Crippen LogP contribution is -2.47. The third-order valence-corrected chi connectivity index (χ3v) is 5.26. The summed E-state index contributed by atoms with van der Waals surface area (Å²) < 4.78 is 10.8. The molecule has 2 N–H and O–H groups in total. The Morgan fingerprint density at radius 2 is 1.76 bits per heavy atom. The van der Waals surface area contributed by atoms with Gasteiger partial charge in [-0.15, -0.1) is 0 Å². The number of ether oxygens (including phenoxy) is 2. The quantitative estimate of drug-likeness (QED) is 0.824. The van der Waals surface area contributed by atoms with Crippen molar-refractivity contribution < 1.29 is 19.4 Å². The third-order valence-electron chi connectivity index (χ3n) is 5.26. The fourth-order valence-electron chi connectivity index (χ4n) is 3.92. The first kappa shape index (κ1) is 17.9. The molecule has 138 valence electrons. The molecule has 1 unspecified atom stereocenters. The van der Waals surface area contributed by atoms with Crippen molar-refractivity contribution in [2.45, 2.75) is 57.2 Å². The molecule has 2 amide bonds. The lowest BCUT2D eigenvalue weighted by Gasteiger charge is -2.34. The number of amides is 2. The lowest BCUT2D eigenvalue weighted by molar-refractivity contribution is 0.0991. The fourth-order valence-corrected chi connectivity index (χ4v) is 3.92. The molecular formula is C19H28N2O4. The van der Waals surface area contributed by atoms with E-state index in [4.69, 9.17) is 9.47 Å². The van der Waals surface area contributed by atoms with Crippen molar-refractivity contribution in [2.24, 2.45) is 0 Å². The minimum atomic E-state index is -0.784. The van der Waals surface area contributed by atoms with E-state index in [1.165, 1.54) is 25.7 Å². The number of nitrogens with zero attached hydrogens (tertiary/aromatic N) is 1. The zero-order valence-corrected chi connectivity index (χ0v) is 15.1.